The number of ether oxygens (including phenoxy) is 1. The van der Waals surface area contributed by atoms with Gasteiger partial charge in [0.25, 0.3) is 0 Å². The fourth-order valence-corrected chi connectivity index (χ4v) is 5.96. The first-order valence-corrected chi connectivity index (χ1v) is 14.1. The molecule has 2 aliphatic rings. The summed E-state index contributed by atoms with van der Waals surface area (Å²) in [6, 6.07) is 14.5. The van der Waals surface area contributed by atoms with E-state index in [9.17, 15) is 9.18 Å². The largest absolute Gasteiger partial charge is 0.383 e. The molecule has 42 heavy (non-hydrogen) atoms. The van der Waals surface area contributed by atoms with Gasteiger partial charge in [0, 0.05) is 69.3 Å². The predicted molar refractivity (Wildman–Crippen MR) is 158 cm³/mol. The predicted octanol–water partition coefficient (Wildman–Crippen LogP) is 3.96. The lowest BCUT2D eigenvalue weighted by Gasteiger charge is -2.21. The lowest BCUT2D eigenvalue weighted by atomic mass is 9.95. The first-order valence-electron chi connectivity index (χ1n) is 14.1. The number of carbonyl (C=O) groups is 1. The summed E-state index contributed by atoms with van der Waals surface area (Å²) in [5.74, 6) is -0.0582. The SMILES string of the molecule is COCCN1CC(NC(=O)Nc2c(C)c(-c3cnc4c(c3)CN(C)C4)nn2-c2ccccc2)C(c2ccnc(F)c2)C1. The number of benzene rings is 1. The highest BCUT2D eigenvalue weighted by Gasteiger charge is 2.35. The number of halogens is 1. The van der Waals surface area contributed by atoms with Crippen LogP contribution in [0.5, 0.6) is 0 Å². The second-order valence-electron chi connectivity index (χ2n) is 11.0. The summed E-state index contributed by atoms with van der Waals surface area (Å²) in [5.41, 5.74) is 6.40. The second-order valence-corrected chi connectivity index (χ2v) is 11.0. The Bertz CT molecular complexity index is 1580. The quantitative estimate of drug-likeness (QED) is 0.310. The molecule has 10 nitrogen and oxygen atoms in total. The van der Waals surface area contributed by atoms with E-state index >= 15 is 0 Å². The topological polar surface area (TPSA) is 100 Å². The second kappa shape index (κ2) is 12.0. The highest BCUT2D eigenvalue weighted by atomic mass is 19.1. The van der Waals surface area contributed by atoms with Crippen molar-refractivity contribution in [3.8, 4) is 16.9 Å². The first kappa shape index (κ1) is 28.0. The van der Waals surface area contributed by atoms with Gasteiger partial charge in [-0.15, -0.1) is 0 Å². The number of amides is 2. The van der Waals surface area contributed by atoms with E-state index in [0.29, 0.717) is 32.1 Å². The molecular weight excluding hydrogens is 535 g/mol. The minimum absolute atomic E-state index is 0.101. The zero-order valence-electron chi connectivity index (χ0n) is 24.0. The minimum Gasteiger partial charge on any atom is -0.383 e. The van der Waals surface area contributed by atoms with Gasteiger partial charge in [-0.1, -0.05) is 18.2 Å². The molecular formula is C31H35FN8O2. The average molecular weight is 571 g/mol. The van der Waals surface area contributed by atoms with Crippen LogP contribution < -0.4 is 10.6 Å². The number of para-hydroxylation sites is 1. The molecule has 2 atom stereocenters. The van der Waals surface area contributed by atoms with E-state index in [4.69, 9.17) is 14.8 Å². The van der Waals surface area contributed by atoms with Crippen LogP contribution >= 0.6 is 0 Å². The number of hydrogen-bond donors (Lipinski definition) is 2. The molecule has 0 bridgehead atoms. The molecule has 1 saturated heterocycles. The molecule has 2 aliphatic heterocycles. The van der Waals surface area contributed by atoms with Crippen molar-refractivity contribution in [1.29, 1.82) is 0 Å². The zero-order valence-corrected chi connectivity index (χ0v) is 24.0. The van der Waals surface area contributed by atoms with E-state index in [1.807, 2.05) is 49.5 Å². The zero-order chi connectivity index (χ0) is 29.2. The number of likely N-dealkylation sites (tertiary alicyclic amines) is 1. The van der Waals surface area contributed by atoms with Crippen molar-refractivity contribution in [2.75, 3.05) is 45.7 Å². The number of carbonyl (C=O) groups excluding carboxylic acids is 1. The first-order chi connectivity index (χ1) is 20.4. The number of nitrogens with one attached hydrogen (secondary N) is 2. The summed E-state index contributed by atoms with van der Waals surface area (Å²) in [6.45, 7) is 6.20. The molecule has 0 spiro atoms. The normalized spacial score (nSPS) is 18.8. The van der Waals surface area contributed by atoms with Crippen molar-refractivity contribution in [2.45, 2.75) is 32.0 Å². The molecule has 0 radical (unpaired) electrons. The summed E-state index contributed by atoms with van der Waals surface area (Å²) < 4.78 is 21.1. The fourth-order valence-electron chi connectivity index (χ4n) is 5.96. The Morgan fingerprint density at radius 1 is 1.12 bits per heavy atom. The highest BCUT2D eigenvalue weighted by Crippen LogP contribution is 2.33. The van der Waals surface area contributed by atoms with Crippen molar-refractivity contribution in [2.24, 2.45) is 0 Å². The third kappa shape index (κ3) is 5.76. The molecule has 2 N–H and O–H groups in total. The maximum absolute atomic E-state index is 14.0. The standard InChI is InChI=1S/C31H35FN8O2/c1-20-29(22-13-23-16-38(2)18-26(23)34-15-22)37-40(24-7-5-4-6-8-24)30(20)36-31(41)35-27-19-39(11-12-42-3)17-25(27)21-9-10-33-28(32)14-21/h4-10,13-15,25,27H,11-12,16-19H2,1-3H3,(H2,35,36,41). The summed E-state index contributed by atoms with van der Waals surface area (Å²) in [5, 5.41) is 11.2. The van der Waals surface area contributed by atoms with Gasteiger partial charge in [0.05, 0.1) is 29.7 Å². The van der Waals surface area contributed by atoms with Gasteiger partial charge in [-0.25, -0.2) is 14.5 Å². The van der Waals surface area contributed by atoms with Gasteiger partial charge < -0.3 is 10.1 Å². The molecule has 2 amide bonds. The molecule has 6 rings (SSSR count). The molecule has 1 aromatic carbocycles. The van der Waals surface area contributed by atoms with Crippen LogP contribution in [0.3, 0.4) is 0 Å². The van der Waals surface area contributed by atoms with E-state index in [1.54, 1.807) is 11.8 Å². The van der Waals surface area contributed by atoms with Crippen LogP contribution in [0.4, 0.5) is 15.0 Å². The molecule has 1 fully saturated rings. The number of methoxy groups -OCH3 is 1. The number of rotatable bonds is 8. The van der Waals surface area contributed by atoms with Crippen molar-refractivity contribution in [3.05, 3.63) is 89.3 Å². The van der Waals surface area contributed by atoms with Crippen molar-refractivity contribution >= 4 is 11.8 Å². The number of urea groups is 1. The summed E-state index contributed by atoms with van der Waals surface area (Å²) >= 11 is 0. The van der Waals surface area contributed by atoms with Crippen molar-refractivity contribution in [3.63, 3.8) is 0 Å². The van der Waals surface area contributed by atoms with E-state index in [-0.39, 0.29) is 18.0 Å². The Balaban J connectivity index is 1.28. The van der Waals surface area contributed by atoms with Crippen LogP contribution in [0, 0.1) is 12.9 Å². The van der Waals surface area contributed by atoms with Crippen LogP contribution in [0.15, 0.2) is 60.9 Å². The van der Waals surface area contributed by atoms with E-state index < -0.39 is 5.95 Å². The number of hydrogen-bond acceptors (Lipinski definition) is 7. The Labute approximate surface area is 244 Å². The molecule has 5 heterocycles. The van der Waals surface area contributed by atoms with Gasteiger partial charge in [-0.2, -0.15) is 9.49 Å². The summed E-state index contributed by atoms with van der Waals surface area (Å²) in [4.78, 5) is 26.4. The van der Waals surface area contributed by atoms with Gasteiger partial charge in [0.1, 0.15) is 5.82 Å². The highest BCUT2D eigenvalue weighted by molar-refractivity contribution is 5.91. The number of aromatic nitrogens is 4. The van der Waals surface area contributed by atoms with Crippen LogP contribution in [0.25, 0.3) is 16.9 Å². The van der Waals surface area contributed by atoms with E-state index in [0.717, 1.165) is 46.9 Å². The van der Waals surface area contributed by atoms with Crippen LogP contribution in [-0.2, 0) is 17.8 Å². The molecule has 0 aliphatic carbocycles. The maximum atomic E-state index is 14.0. The van der Waals surface area contributed by atoms with E-state index in [2.05, 4.69) is 38.5 Å². The molecule has 2 unspecified atom stereocenters. The summed E-state index contributed by atoms with van der Waals surface area (Å²) in [7, 11) is 3.74. The Morgan fingerprint density at radius 2 is 1.95 bits per heavy atom. The van der Waals surface area contributed by atoms with E-state index in [1.165, 1.54) is 17.8 Å². The van der Waals surface area contributed by atoms with Gasteiger partial charge in [0.15, 0.2) is 0 Å². The lowest BCUT2D eigenvalue weighted by Crippen LogP contribution is -2.42. The van der Waals surface area contributed by atoms with Crippen molar-refractivity contribution < 1.29 is 13.9 Å². The van der Waals surface area contributed by atoms with Crippen molar-refractivity contribution in [1.82, 2.24) is 34.9 Å². The maximum Gasteiger partial charge on any atom is 0.320 e. The van der Waals surface area contributed by atoms with Crippen LogP contribution in [0.2, 0.25) is 0 Å². The molecule has 4 aromatic rings. The van der Waals surface area contributed by atoms with Crippen LogP contribution in [-0.4, -0.2) is 82.0 Å². The Morgan fingerprint density at radius 3 is 2.74 bits per heavy atom. The number of anilines is 1. The number of pyridine rings is 2. The number of fused-ring (bicyclic) bond motifs is 1. The van der Waals surface area contributed by atoms with Crippen LogP contribution in [0.1, 0.15) is 28.3 Å². The number of nitrogens with zero attached hydrogens (tertiary/aromatic N) is 6. The Kier molecular flexibility index (Phi) is 7.96. The van der Waals surface area contributed by atoms with Gasteiger partial charge in [0.2, 0.25) is 5.95 Å². The molecule has 0 saturated carbocycles. The molecule has 3 aromatic heterocycles. The smallest absolute Gasteiger partial charge is 0.320 e. The fraction of sp³-hybridized carbons (Fsp3) is 0.355. The minimum atomic E-state index is -0.534. The summed E-state index contributed by atoms with van der Waals surface area (Å²) in [6.07, 6.45) is 3.33. The molecule has 218 valence electrons. The monoisotopic (exact) mass is 570 g/mol. The van der Waals surface area contributed by atoms with Gasteiger partial charge in [-0.3, -0.25) is 20.1 Å². The van der Waals surface area contributed by atoms with Gasteiger partial charge in [-0.05, 0) is 55.4 Å². The average Bonchev–Trinajstić information content (AvgIpc) is 3.66. The lowest BCUT2D eigenvalue weighted by molar-refractivity contribution is 0.159. The Hall–Kier alpha value is -4.19. The molecule has 11 heteroatoms. The van der Waals surface area contributed by atoms with Gasteiger partial charge >= 0.3 is 6.03 Å². The third-order valence-corrected chi connectivity index (χ3v) is 8.05. The third-order valence-electron chi connectivity index (χ3n) is 8.05.